The van der Waals surface area contributed by atoms with Crippen LogP contribution in [0.15, 0.2) is 60.7 Å². The van der Waals surface area contributed by atoms with E-state index in [-0.39, 0.29) is 28.0 Å². The number of rotatable bonds is 4. The Morgan fingerprint density at radius 1 is 0.781 bits per heavy atom. The van der Waals surface area contributed by atoms with E-state index < -0.39 is 5.97 Å². The first-order chi connectivity index (χ1) is 15.0. The van der Waals surface area contributed by atoms with Crippen LogP contribution >= 0.6 is 0 Å². The molecule has 1 N–H and O–H groups in total. The Morgan fingerprint density at radius 3 is 1.88 bits per heavy atom. The molecule has 0 saturated heterocycles. The quantitative estimate of drug-likeness (QED) is 0.465. The predicted molar refractivity (Wildman–Crippen MR) is 124 cm³/mol. The van der Waals surface area contributed by atoms with Gasteiger partial charge in [-0.3, -0.25) is 4.79 Å². The van der Waals surface area contributed by atoms with Crippen LogP contribution in [0.1, 0.15) is 77.9 Å². The lowest BCUT2D eigenvalue weighted by Gasteiger charge is -2.42. The summed E-state index contributed by atoms with van der Waals surface area (Å²) in [6, 6.07) is 16.3. The zero-order chi connectivity index (χ0) is 23.3. The van der Waals surface area contributed by atoms with Gasteiger partial charge in [0.05, 0.1) is 5.56 Å². The van der Waals surface area contributed by atoms with Gasteiger partial charge in [-0.25, -0.2) is 9.18 Å². The number of halogens is 1. The second kappa shape index (κ2) is 7.70. The van der Waals surface area contributed by atoms with Gasteiger partial charge in [0, 0.05) is 16.7 Å². The molecule has 1 aliphatic carbocycles. The highest BCUT2D eigenvalue weighted by Crippen LogP contribution is 2.48. The molecule has 0 saturated carbocycles. The van der Waals surface area contributed by atoms with Gasteiger partial charge in [-0.2, -0.15) is 0 Å². The van der Waals surface area contributed by atoms with Crippen LogP contribution in [-0.2, 0) is 10.8 Å². The molecule has 0 spiro atoms. The fourth-order valence-electron chi connectivity index (χ4n) is 4.62. The molecule has 1 aliphatic rings. The van der Waals surface area contributed by atoms with E-state index in [1.54, 1.807) is 18.2 Å². The van der Waals surface area contributed by atoms with Crippen LogP contribution in [-0.4, -0.2) is 16.9 Å². The number of ketones is 1. The molecule has 4 heteroatoms. The summed E-state index contributed by atoms with van der Waals surface area (Å²) >= 11 is 0. The first-order valence-electron chi connectivity index (χ1n) is 10.8. The Balaban J connectivity index is 1.97. The third kappa shape index (κ3) is 3.75. The molecule has 3 aromatic carbocycles. The number of carbonyl (C=O) groups excluding carboxylic acids is 1. The Bertz CT molecular complexity index is 1220. The number of fused-ring (bicyclic) bond motifs is 1. The molecular formula is C28H27FO3. The molecule has 0 aliphatic heterocycles. The van der Waals surface area contributed by atoms with E-state index in [0.29, 0.717) is 22.3 Å². The van der Waals surface area contributed by atoms with Gasteiger partial charge in [0.25, 0.3) is 0 Å². The number of aromatic carboxylic acids is 1. The first-order valence-corrected chi connectivity index (χ1v) is 10.8. The van der Waals surface area contributed by atoms with Crippen molar-refractivity contribution in [3.8, 4) is 11.1 Å². The van der Waals surface area contributed by atoms with Crippen molar-refractivity contribution in [1.82, 2.24) is 0 Å². The molecule has 4 rings (SSSR count). The Kier molecular flexibility index (Phi) is 5.28. The molecular weight excluding hydrogens is 403 g/mol. The van der Waals surface area contributed by atoms with E-state index in [1.165, 1.54) is 30.3 Å². The molecule has 0 unspecified atom stereocenters. The summed E-state index contributed by atoms with van der Waals surface area (Å²) in [4.78, 5) is 24.8. The highest BCUT2D eigenvalue weighted by Gasteiger charge is 2.38. The summed E-state index contributed by atoms with van der Waals surface area (Å²) in [6.07, 6.45) is 2.00. The summed E-state index contributed by atoms with van der Waals surface area (Å²) in [5, 5.41) is 9.17. The van der Waals surface area contributed by atoms with Crippen LogP contribution in [0.5, 0.6) is 0 Å². The third-order valence-electron chi connectivity index (χ3n) is 6.79. The van der Waals surface area contributed by atoms with Crippen LogP contribution in [0.25, 0.3) is 11.1 Å². The maximum absolute atomic E-state index is 14.9. The number of carboxylic acids is 1. The number of benzene rings is 3. The molecule has 0 heterocycles. The van der Waals surface area contributed by atoms with E-state index in [9.17, 15) is 14.0 Å². The average molecular weight is 431 g/mol. The molecule has 0 aromatic heterocycles. The molecule has 0 fully saturated rings. The van der Waals surface area contributed by atoms with Crippen molar-refractivity contribution in [2.24, 2.45) is 0 Å². The minimum atomic E-state index is -1.05. The van der Waals surface area contributed by atoms with Gasteiger partial charge in [-0.15, -0.1) is 0 Å². The number of carbonyl (C=O) groups is 2. The topological polar surface area (TPSA) is 54.4 Å². The number of hydrogen-bond donors (Lipinski definition) is 1. The van der Waals surface area contributed by atoms with Gasteiger partial charge in [-0.05, 0) is 70.7 Å². The summed E-state index contributed by atoms with van der Waals surface area (Å²) in [5.41, 5.74) is 3.94. The van der Waals surface area contributed by atoms with Gasteiger partial charge in [0.15, 0.2) is 5.78 Å². The highest BCUT2D eigenvalue weighted by atomic mass is 19.1. The van der Waals surface area contributed by atoms with Crippen molar-refractivity contribution < 1.29 is 19.1 Å². The van der Waals surface area contributed by atoms with Crippen LogP contribution in [0.3, 0.4) is 0 Å². The minimum absolute atomic E-state index is 0.0877. The van der Waals surface area contributed by atoms with Crippen molar-refractivity contribution in [2.75, 3.05) is 0 Å². The molecule has 3 aromatic rings. The van der Waals surface area contributed by atoms with E-state index >= 15 is 0 Å². The van der Waals surface area contributed by atoms with Gasteiger partial charge in [0.1, 0.15) is 5.82 Å². The predicted octanol–water partition coefficient (Wildman–Crippen LogP) is 6.77. The Morgan fingerprint density at radius 2 is 1.31 bits per heavy atom. The largest absolute Gasteiger partial charge is 0.478 e. The molecule has 0 radical (unpaired) electrons. The lowest BCUT2D eigenvalue weighted by Crippen LogP contribution is -2.34. The Labute approximate surface area is 187 Å². The van der Waals surface area contributed by atoms with E-state index in [2.05, 4.69) is 27.7 Å². The summed E-state index contributed by atoms with van der Waals surface area (Å²) in [6.45, 7) is 8.75. The van der Waals surface area contributed by atoms with Crippen molar-refractivity contribution in [1.29, 1.82) is 0 Å². The summed E-state index contributed by atoms with van der Waals surface area (Å²) < 4.78 is 14.9. The third-order valence-corrected chi connectivity index (χ3v) is 6.79. The van der Waals surface area contributed by atoms with Crippen molar-refractivity contribution >= 4 is 11.8 Å². The van der Waals surface area contributed by atoms with E-state index in [0.717, 1.165) is 24.0 Å². The fourth-order valence-corrected chi connectivity index (χ4v) is 4.62. The standard InChI is InChI=1S/C28H27FO3/c1-27(2)13-14-28(3,4)23-16-21(25(30)17-9-11-18(12-10-17)26(31)32)20(15-22(23)27)19-7-5-6-8-24(19)29/h5-12,15-16H,13-14H2,1-4H3,(H,31,32). The van der Waals surface area contributed by atoms with Gasteiger partial charge in [-0.1, -0.05) is 58.0 Å². The summed E-state index contributed by atoms with van der Waals surface area (Å²) in [5.74, 6) is -1.67. The van der Waals surface area contributed by atoms with Gasteiger partial charge < -0.3 is 5.11 Å². The first kappa shape index (κ1) is 21.9. The number of carboxylic acid groups (broad SMARTS) is 1. The van der Waals surface area contributed by atoms with Crippen LogP contribution in [0.4, 0.5) is 4.39 Å². The SMILES string of the molecule is CC1(C)CCC(C)(C)c2cc(-c3ccccc3F)c(C(=O)c3ccc(C(=O)O)cc3)cc21. The molecule has 0 bridgehead atoms. The average Bonchev–Trinajstić information content (AvgIpc) is 2.76. The van der Waals surface area contributed by atoms with Gasteiger partial charge >= 0.3 is 5.97 Å². The smallest absolute Gasteiger partial charge is 0.335 e. The zero-order valence-corrected chi connectivity index (χ0v) is 18.8. The lowest BCUT2D eigenvalue weighted by atomic mass is 9.62. The van der Waals surface area contributed by atoms with Crippen molar-refractivity contribution in [2.45, 2.75) is 51.4 Å². The Hall–Kier alpha value is -3.27. The van der Waals surface area contributed by atoms with Crippen LogP contribution in [0.2, 0.25) is 0 Å². The minimum Gasteiger partial charge on any atom is -0.478 e. The molecule has 32 heavy (non-hydrogen) atoms. The molecule has 164 valence electrons. The second-order valence-corrected chi connectivity index (χ2v) is 9.90. The molecule has 3 nitrogen and oxygen atoms in total. The maximum Gasteiger partial charge on any atom is 0.335 e. The highest BCUT2D eigenvalue weighted by molar-refractivity contribution is 6.13. The van der Waals surface area contributed by atoms with Crippen LogP contribution in [0, 0.1) is 5.82 Å². The van der Waals surface area contributed by atoms with Crippen molar-refractivity contribution in [3.63, 3.8) is 0 Å². The maximum atomic E-state index is 14.9. The van der Waals surface area contributed by atoms with Crippen molar-refractivity contribution in [3.05, 3.63) is 94.3 Å². The monoisotopic (exact) mass is 430 g/mol. The van der Waals surface area contributed by atoms with E-state index in [4.69, 9.17) is 5.11 Å². The molecule has 0 amide bonds. The van der Waals surface area contributed by atoms with E-state index in [1.807, 2.05) is 12.1 Å². The number of hydrogen-bond acceptors (Lipinski definition) is 2. The summed E-state index contributed by atoms with van der Waals surface area (Å²) in [7, 11) is 0. The molecule has 0 atom stereocenters. The normalized spacial score (nSPS) is 16.3. The fraction of sp³-hybridized carbons (Fsp3) is 0.286. The van der Waals surface area contributed by atoms with Gasteiger partial charge in [0.2, 0.25) is 0 Å². The lowest BCUT2D eigenvalue weighted by molar-refractivity contribution is 0.0696. The van der Waals surface area contributed by atoms with Crippen LogP contribution < -0.4 is 0 Å². The zero-order valence-electron chi connectivity index (χ0n) is 18.8. The second-order valence-electron chi connectivity index (χ2n) is 9.90.